The van der Waals surface area contributed by atoms with Gasteiger partial charge in [0.1, 0.15) is 0 Å². The summed E-state index contributed by atoms with van der Waals surface area (Å²) in [4.78, 5) is 14.1. The Labute approximate surface area is 127 Å². The Hall–Kier alpha value is -1.39. The number of hydrazine groups is 1. The molecular formula is C17H27N3O. The molecule has 0 aliphatic heterocycles. The maximum Gasteiger partial charge on any atom is 0.241 e. The highest BCUT2D eigenvalue weighted by molar-refractivity contribution is 5.82. The zero-order valence-electron chi connectivity index (χ0n) is 13.3. The first-order chi connectivity index (χ1) is 10.0. The van der Waals surface area contributed by atoms with Crippen molar-refractivity contribution in [2.24, 2.45) is 11.8 Å². The van der Waals surface area contributed by atoms with E-state index in [9.17, 15) is 4.79 Å². The van der Waals surface area contributed by atoms with E-state index in [4.69, 9.17) is 5.84 Å². The quantitative estimate of drug-likeness (QED) is 0.460. The molecule has 21 heavy (non-hydrogen) atoms. The fourth-order valence-electron chi connectivity index (χ4n) is 2.51. The molecule has 1 atom stereocenters. The second kappa shape index (κ2) is 7.05. The zero-order valence-corrected chi connectivity index (χ0v) is 13.3. The van der Waals surface area contributed by atoms with E-state index in [1.54, 1.807) is 0 Å². The lowest BCUT2D eigenvalue weighted by Crippen LogP contribution is -2.33. The van der Waals surface area contributed by atoms with Crippen LogP contribution < -0.4 is 11.3 Å². The lowest BCUT2D eigenvalue weighted by Gasteiger charge is -2.26. The van der Waals surface area contributed by atoms with E-state index >= 15 is 0 Å². The van der Waals surface area contributed by atoms with Gasteiger partial charge in [0.15, 0.2) is 0 Å². The van der Waals surface area contributed by atoms with Crippen molar-refractivity contribution >= 4 is 5.91 Å². The number of carbonyl (C=O) groups is 1. The minimum absolute atomic E-state index is 0.153. The normalized spacial score (nSPS) is 16.3. The van der Waals surface area contributed by atoms with Crippen LogP contribution in [0.25, 0.3) is 0 Å². The van der Waals surface area contributed by atoms with Gasteiger partial charge in [-0.1, -0.05) is 24.3 Å². The Morgan fingerprint density at radius 1 is 1.29 bits per heavy atom. The van der Waals surface area contributed by atoms with E-state index in [1.165, 1.54) is 24.9 Å². The summed E-state index contributed by atoms with van der Waals surface area (Å²) in [5.41, 5.74) is 4.51. The zero-order chi connectivity index (χ0) is 15.4. The number of benzene rings is 1. The van der Waals surface area contributed by atoms with Crippen LogP contribution in [0.2, 0.25) is 0 Å². The van der Waals surface area contributed by atoms with Crippen molar-refractivity contribution in [2.45, 2.75) is 52.1 Å². The van der Waals surface area contributed by atoms with Gasteiger partial charge in [0, 0.05) is 19.1 Å². The lowest BCUT2D eigenvalue weighted by molar-refractivity contribution is -0.122. The van der Waals surface area contributed by atoms with Crippen LogP contribution in [0.5, 0.6) is 0 Å². The fraction of sp³-hybridized carbons (Fsp3) is 0.588. The molecule has 1 aliphatic rings. The lowest BCUT2D eigenvalue weighted by atomic mass is 9.99. The number of nitrogens with zero attached hydrogens (tertiary/aromatic N) is 1. The van der Waals surface area contributed by atoms with Crippen LogP contribution in [0, 0.1) is 5.92 Å². The molecule has 0 spiro atoms. The minimum atomic E-state index is -0.211. The van der Waals surface area contributed by atoms with Crippen molar-refractivity contribution in [1.29, 1.82) is 0 Å². The van der Waals surface area contributed by atoms with Gasteiger partial charge < -0.3 is 0 Å². The van der Waals surface area contributed by atoms with Crippen molar-refractivity contribution < 1.29 is 4.79 Å². The van der Waals surface area contributed by atoms with E-state index in [0.29, 0.717) is 6.04 Å². The van der Waals surface area contributed by atoms with Crippen LogP contribution in [-0.4, -0.2) is 23.4 Å². The monoisotopic (exact) mass is 289 g/mol. The summed E-state index contributed by atoms with van der Waals surface area (Å²) < 4.78 is 0. The van der Waals surface area contributed by atoms with Crippen molar-refractivity contribution in [3.63, 3.8) is 0 Å². The Balaban J connectivity index is 1.98. The first-order valence-electron chi connectivity index (χ1n) is 7.84. The smallest absolute Gasteiger partial charge is 0.241 e. The molecule has 2 rings (SSSR count). The maximum absolute atomic E-state index is 11.5. The van der Waals surface area contributed by atoms with Gasteiger partial charge in [-0.3, -0.25) is 15.1 Å². The van der Waals surface area contributed by atoms with Crippen LogP contribution in [0.15, 0.2) is 24.3 Å². The van der Waals surface area contributed by atoms with Gasteiger partial charge in [-0.05, 0) is 50.7 Å². The molecule has 0 aromatic heterocycles. The third-order valence-corrected chi connectivity index (χ3v) is 4.32. The molecule has 4 heteroatoms. The molecule has 1 aliphatic carbocycles. The standard InChI is InChI=1S/C17H27N3O/c1-12(2)20(10-14-4-5-14)11-15-6-8-16(9-7-15)13(3)17(21)19-18/h6-9,12-14H,4-5,10-11,18H2,1-3H3,(H,19,21). The van der Waals surface area contributed by atoms with Gasteiger partial charge in [-0.2, -0.15) is 0 Å². The van der Waals surface area contributed by atoms with E-state index in [1.807, 2.05) is 19.1 Å². The first-order valence-corrected chi connectivity index (χ1v) is 7.84. The molecule has 4 nitrogen and oxygen atoms in total. The Bertz CT molecular complexity index is 465. The molecule has 0 saturated heterocycles. The van der Waals surface area contributed by atoms with E-state index < -0.39 is 0 Å². The molecule has 1 aromatic rings. The first kappa shape index (κ1) is 16.0. The van der Waals surface area contributed by atoms with Gasteiger partial charge in [-0.15, -0.1) is 0 Å². The highest BCUT2D eigenvalue weighted by atomic mass is 16.2. The van der Waals surface area contributed by atoms with E-state index in [2.05, 4.69) is 36.3 Å². The fourth-order valence-corrected chi connectivity index (χ4v) is 2.51. The van der Waals surface area contributed by atoms with Gasteiger partial charge in [0.25, 0.3) is 0 Å². The third kappa shape index (κ3) is 4.55. The number of carbonyl (C=O) groups excluding carboxylic acids is 1. The second-order valence-corrected chi connectivity index (χ2v) is 6.44. The number of amides is 1. The number of nitrogens with two attached hydrogens (primary N) is 1. The molecule has 0 radical (unpaired) electrons. The Morgan fingerprint density at radius 3 is 2.38 bits per heavy atom. The van der Waals surface area contributed by atoms with Crippen molar-refractivity contribution in [3.8, 4) is 0 Å². The van der Waals surface area contributed by atoms with Crippen LogP contribution >= 0.6 is 0 Å². The summed E-state index contributed by atoms with van der Waals surface area (Å²) in [6.45, 7) is 8.55. The third-order valence-electron chi connectivity index (χ3n) is 4.32. The van der Waals surface area contributed by atoms with Gasteiger partial charge >= 0.3 is 0 Å². The van der Waals surface area contributed by atoms with Gasteiger partial charge in [0.2, 0.25) is 5.91 Å². The summed E-state index contributed by atoms with van der Waals surface area (Å²) in [5, 5.41) is 0. The number of rotatable bonds is 7. The molecule has 1 aromatic carbocycles. The predicted octanol–water partition coefficient (Wildman–Crippen LogP) is 2.40. The predicted molar refractivity (Wildman–Crippen MR) is 85.5 cm³/mol. The summed E-state index contributed by atoms with van der Waals surface area (Å²) in [6.07, 6.45) is 2.77. The Morgan fingerprint density at radius 2 is 1.90 bits per heavy atom. The van der Waals surface area contributed by atoms with Gasteiger partial charge in [0.05, 0.1) is 5.92 Å². The number of hydrogen-bond donors (Lipinski definition) is 2. The van der Waals surface area contributed by atoms with Crippen LogP contribution in [-0.2, 0) is 11.3 Å². The van der Waals surface area contributed by atoms with E-state index in [0.717, 1.165) is 18.0 Å². The highest BCUT2D eigenvalue weighted by Gasteiger charge is 2.25. The number of hydrogen-bond acceptors (Lipinski definition) is 3. The largest absolute Gasteiger partial charge is 0.296 e. The maximum atomic E-state index is 11.5. The summed E-state index contributed by atoms with van der Waals surface area (Å²) in [7, 11) is 0. The van der Waals surface area contributed by atoms with Gasteiger partial charge in [-0.25, -0.2) is 5.84 Å². The molecule has 116 valence electrons. The second-order valence-electron chi connectivity index (χ2n) is 6.44. The minimum Gasteiger partial charge on any atom is -0.296 e. The van der Waals surface area contributed by atoms with Crippen LogP contribution in [0.1, 0.15) is 50.7 Å². The average Bonchev–Trinajstić information content (AvgIpc) is 3.29. The summed E-state index contributed by atoms with van der Waals surface area (Å²) in [5.74, 6) is 5.72. The molecule has 0 bridgehead atoms. The SMILES string of the molecule is CC(C(=O)NN)c1ccc(CN(CC2CC2)C(C)C)cc1. The average molecular weight is 289 g/mol. The van der Waals surface area contributed by atoms with Crippen molar-refractivity contribution in [3.05, 3.63) is 35.4 Å². The summed E-state index contributed by atoms with van der Waals surface area (Å²) >= 11 is 0. The van der Waals surface area contributed by atoms with Crippen LogP contribution in [0.3, 0.4) is 0 Å². The van der Waals surface area contributed by atoms with E-state index in [-0.39, 0.29) is 11.8 Å². The molecule has 1 saturated carbocycles. The molecular weight excluding hydrogens is 262 g/mol. The molecule has 0 heterocycles. The molecule has 3 N–H and O–H groups in total. The van der Waals surface area contributed by atoms with Crippen LogP contribution in [0.4, 0.5) is 0 Å². The number of nitrogens with one attached hydrogen (secondary N) is 1. The molecule has 1 unspecified atom stereocenters. The highest BCUT2D eigenvalue weighted by Crippen LogP contribution is 2.30. The van der Waals surface area contributed by atoms with Crippen molar-refractivity contribution in [1.82, 2.24) is 10.3 Å². The molecule has 1 fully saturated rings. The Kier molecular flexibility index (Phi) is 5.37. The molecule has 1 amide bonds. The van der Waals surface area contributed by atoms with Crippen molar-refractivity contribution in [2.75, 3.05) is 6.54 Å². The topological polar surface area (TPSA) is 58.4 Å². The summed E-state index contributed by atoms with van der Waals surface area (Å²) in [6, 6.07) is 8.87.